The van der Waals surface area contributed by atoms with Gasteiger partial charge in [0, 0.05) is 23.5 Å². The number of rotatable bonds is 5. The third-order valence-electron chi connectivity index (χ3n) is 4.97. The summed E-state index contributed by atoms with van der Waals surface area (Å²) in [5.74, 6) is -0.374. The summed E-state index contributed by atoms with van der Waals surface area (Å²) in [5.41, 5.74) is 2.02. The lowest BCUT2D eigenvalue weighted by atomic mass is 10.1. The summed E-state index contributed by atoms with van der Waals surface area (Å²) in [7, 11) is 0. The molecule has 10 heteroatoms. The topological polar surface area (TPSA) is 91.0 Å². The number of thioether (sulfide) groups is 1. The van der Waals surface area contributed by atoms with Crippen LogP contribution in [0, 0.1) is 11.2 Å². The van der Waals surface area contributed by atoms with Crippen molar-refractivity contribution in [3.8, 4) is 5.75 Å². The molecule has 0 unspecified atom stereocenters. The van der Waals surface area contributed by atoms with Gasteiger partial charge in [-0.25, -0.2) is 4.39 Å². The predicted molar refractivity (Wildman–Crippen MR) is 133 cm³/mol. The number of nitrogens with one attached hydrogen (secondary N) is 1. The minimum atomic E-state index is -0.512. The van der Waals surface area contributed by atoms with E-state index in [1.165, 1.54) is 22.8 Å². The Labute approximate surface area is 206 Å². The molecule has 3 aromatic rings. The zero-order valence-corrected chi connectivity index (χ0v) is 19.8. The lowest BCUT2D eigenvalue weighted by molar-refractivity contribution is -0.114. The Morgan fingerprint density at radius 1 is 1.18 bits per heavy atom. The highest BCUT2D eigenvalue weighted by molar-refractivity contribution is 9.10. The summed E-state index contributed by atoms with van der Waals surface area (Å²) in [6, 6.07) is 15.3. The van der Waals surface area contributed by atoms with E-state index in [1.807, 2.05) is 6.07 Å². The van der Waals surface area contributed by atoms with Gasteiger partial charge in [-0.2, -0.15) is 15.1 Å². The van der Waals surface area contributed by atoms with E-state index >= 15 is 0 Å². The number of benzene rings is 2. The number of amidine groups is 2. The summed E-state index contributed by atoms with van der Waals surface area (Å²) in [5, 5.41) is 15.3. The molecule has 2 aromatic carbocycles. The maximum Gasteiger partial charge on any atom is 0.283 e. The molecular weight excluding hydrogens is 521 g/mol. The summed E-state index contributed by atoms with van der Waals surface area (Å²) in [6.45, 7) is 0.0796. The lowest BCUT2D eigenvalue weighted by Crippen LogP contribution is -2.35. The number of hydrogen-bond donors (Lipinski definition) is 1. The second-order valence-electron chi connectivity index (χ2n) is 7.24. The standard InChI is InChI=1S/C24H15BrFN5O2S/c25-18-11-14(7-8-20(18)33-13-16-4-1-2-6-19(16)26)10-17-21(27)31-24(29-22(17)32)34-23(30-31)15-5-3-9-28-12-15/h1-12,27H,13H2/b17-10-,27-21?. The van der Waals surface area contributed by atoms with E-state index < -0.39 is 5.91 Å². The number of carbonyl (C=O) groups is 1. The predicted octanol–water partition coefficient (Wildman–Crippen LogP) is 5.23. The average molecular weight is 536 g/mol. The van der Waals surface area contributed by atoms with Gasteiger partial charge in [0.1, 0.15) is 23.2 Å². The number of halogens is 2. The fourth-order valence-corrected chi connectivity index (χ4v) is 4.65. The molecule has 0 aliphatic carbocycles. The zero-order chi connectivity index (χ0) is 23.7. The molecule has 0 atom stereocenters. The summed E-state index contributed by atoms with van der Waals surface area (Å²) >= 11 is 4.68. The highest BCUT2D eigenvalue weighted by Gasteiger charge is 2.36. The van der Waals surface area contributed by atoms with Crippen LogP contribution in [0.5, 0.6) is 5.75 Å². The normalized spacial score (nSPS) is 16.4. The van der Waals surface area contributed by atoms with Gasteiger partial charge in [0.2, 0.25) is 5.17 Å². The van der Waals surface area contributed by atoms with Crippen LogP contribution in [0.1, 0.15) is 16.7 Å². The van der Waals surface area contributed by atoms with Crippen LogP contribution in [0.2, 0.25) is 0 Å². The molecule has 2 aliphatic heterocycles. The first-order chi connectivity index (χ1) is 16.5. The van der Waals surface area contributed by atoms with E-state index in [9.17, 15) is 9.18 Å². The third-order valence-corrected chi connectivity index (χ3v) is 6.55. The highest BCUT2D eigenvalue weighted by atomic mass is 79.9. The van der Waals surface area contributed by atoms with Crippen molar-refractivity contribution in [3.63, 3.8) is 0 Å². The Hall–Kier alpha value is -3.63. The SMILES string of the molecule is N=C1/C(=C/c2ccc(OCc3ccccc3F)c(Br)c2)C(=O)N=C2SC(c3cccnc3)=NN12. The summed E-state index contributed by atoms with van der Waals surface area (Å²) < 4.78 is 20.2. The average Bonchev–Trinajstić information content (AvgIpc) is 3.27. The smallest absolute Gasteiger partial charge is 0.283 e. The molecule has 1 amide bonds. The van der Waals surface area contributed by atoms with E-state index in [4.69, 9.17) is 10.1 Å². The minimum absolute atomic E-state index is 0.0580. The number of nitrogens with zero attached hydrogens (tertiary/aromatic N) is 4. The fourth-order valence-electron chi connectivity index (χ4n) is 3.26. The van der Waals surface area contributed by atoms with Crippen molar-refractivity contribution >= 4 is 55.7 Å². The van der Waals surface area contributed by atoms with Gasteiger partial charge in [0.15, 0.2) is 5.84 Å². The molecule has 0 bridgehead atoms. The number of aliphatic imine (C=N–C) groups is 1. The van der Waals surface area contributed by atoms with Gasteiger partial charge in [-0.05, 0) is 69.7 Å². The number of amides is 1. The molecular formula is C24H15BrFN5O2S. The first-order valence-electron chi connectivity index (χ1n) is 10.1. The lowest BCUT2D eigenvalue weighted by Gasteiger charge is -2.20. The summed E-state index contributed by atoms with van der Waals surface area (Å²) in [6.07, 6.45) is 4.91. The molecule has 34 heavy (non-hydrogen) atoms. The van der Waals surface area contributed by atoms with Gasteiger partial charge < -0.3 is 4.74 Å². The van der Waals surface area contributed by atoms with E-state index in [0.717, 1.165) is 5.56 Å². The largest absolute Gasteiger partial charge is 0.488 e. The van der Waals surface area contributed by atoms with Crippen LogP contribution in [-0.2, 0) is 11.4 Å². The number of ether oxygens (including phenoxy) is 1. The van der Waals surface area contributed by atoms with Gasteiger partial charge in [-0.1, -0.05) is 24.3 Å². The Morgan fingerprint density at radius 2 is 2.03 bits per heavy atom. The Kier molecular flexibility index (Phi) is 6.08. The number of hydrogen-bond acceptors (Lipinski definition) is 6. The molecule has 5 rings (SSSR count). The first-order valence-corrected chi connectivity index (χ1v) is 11.7. The number of hydrazone groups is 1. The van der Waals surface area contributed by atoms with E-state index in [0.29, 0.717) is 31.6 Å². The van der Waals surface area contributed by atoms with Crippen molar-refractivity contribution < 1.29 is 13.9 Å². The Bertz CT molecular complexity index is 1410. The molecule has 3 heterocycles. The number of fused-ring (bicyclic) bond motifs is 1. The Morgan fingerprint density at radius 3 is 2.79 bits per heavy atom. The van der Waals surface area contributed by atoms with Crippen molar-refractivity contribution in [2.45, 2.75) is 6.61 Å². The van der Waals surface area contributed by atoms with Crippen molar-refractivity contribution in [2.24, 2.45) is 10.1 Å². The number of aromatic nitrogens is 1. The van der Waals surface area contributed by atoms with E-state index in [2.05, 4.69) is 31.0 Å². The molecule has 7 nitrogen and oxygen atoms in total. The van der Waals surface area contributed by atoms with Crippen LogP contribution in [-0.4, -0.2) is 31.9 Å². The monoisotopic (exact) mass is 535 g/mol. The molecule has 1 N–H and O–H groups in total. The van der Waals surface area contributed by atoms with Crippen LogP contribution in [0.25, 0.3) is 6.08 Å². The van der Waals surface area contributed by atoms with Crippen molar-refractivity contribution in [1.82, 2.24) is 9.99 Å². The van der Waals surface area contributed by atoms with E-state index in [1.54, 1.807) is 60.9 Å². The summed E-state index contributed by atoms with van der Waals surface area (Å²) in [4.78, 5) is 20.9. The second-order valence-corrected chi connectivity index (χ2v) is 9.05. The third kappa shape index (κ3) is 4.42. The van der Waals surface area contributed by atoms with Crippen LogP contribution >= 0.6 is 27.7 Å². The van der Waals surface area contributed by atoms with Crippen LogP contribution in [0.15, 0.2) is 87.1 Å². The van der Waals surface area contributed by atoms with Crippen LogP contribution < -0.4 is 4.74 Å². The molecule has 1 aromatic heterocycles. The van der Waals surface area contributed by atoms with Crippen LogP contribution in [0.4, 0.5) is 4.39 Å². The van der Waals surface area contributed by atoms with Crippen LogP contribution in [0.3, 0.4) is 0 Å². The van der Waals surface area contributed by atoms with Gasteiger partial charge in [-0.15, -0.1) is 0 Å². The molecule has 0 spiro atoms. The Balaban J connectivity index is 1.36. The molecule has 0 fully saturated rings. The van der Waals surface area contributed by atoms with Crippen molar-refractivity contribution in [2.75, 3.05) is 0 Å². The molecule has 2 aliphatic rings. The first kappa shape index (κ1) is 22.2. The minimum Gasteiger partial charge on any atom is -0.488 e. The van der Waals surface area contributed by atoms with Gasteiger partial charge in [0.05, 0.1) is 10.0 Å². The van der Waals surface area contributed by atoms with Crippen molar-refractivity contribution in [1.29, 1.82) is 5.41 Å². The van der Waals surface area contributed by atoms with Crippen molar-refractivity contribution in [3.05, 3.63) is 99.5 Å². The van der Waals surface area contributed by atoms with Gasteiger partial charge in [0.25, 0.3) is 5.91 Å². The second kappa shape index (κ2) is 9.32. The highest BCUT2D eigenvalue weighted by Crippen LogP contribution is 2.32. The number of carbonyl (C=O) groups excluding carboxylic acids is 1. The van der Waals surface area contributed by atoms with Gasteiger partial charge >= 0.3 is 0 Å². The zero-order valence-electron chi connectivity index (χ0n) is 17.4. The molecule has 0 saturated heterocycles. The maximum atomic E-state index is 13.8. The fraction of sp³-hybridized carbons (Fsp3) is 0.0417. The molecule has 0 radical (unpaired) electrons. The van der Waals surface area contributed by atoms with E-state index in [-0.39, 0.29) is 23.8 Å². The van der Waals surface area contributed by atoms with Gasteiger partial charge in [-0.3, -0.25) is 15.2 Å². The molecule has 0 saturated carbocycles. The quantitative estimate of drug-likeness (QED) is 0.451. The molecule has 168 valence electrons. The number of pyridine rings is 1. The maximum absolute atomic E-state index is 13.8.